The fraction of sp³-hybridized carbons (Fsp3) is 0.562. The number of nitrogens with one attached hydrogen (secondary N) is 1. The lowest BCUT2D eigenvalue weighted by Gasteiger charge is -2.13. The van der Waals surface area contributed by atoms with Gasteiger partial charge in [0, 0.05) is 18.0 Å². The molecular weight excluding hydrogens is 252 g/mol. The van der Waals surface area contributed by atoms with Crippen LogP contribution in [0.25, 0.3) is 0 Å². The van der Waals surface area contributed by atoms with Gasteiger partial charge in [-0.25, -0.2) is 0 Å². The number of unbranched alkanes of at least 4 members (excludes halogenated alkanes) is 4. The molecule has 4 heteroatoms. The van der Waals surface area contributed by atoms with Crippen LogP contribution in [0.15, 0.2) is 24.3 Å². The molecule has 4 nitrogen and oxygen atoms in total. The third-order valence-electron chi connectivity index (χ3n) is 3.14. The minimum Gasteiger partial charge on any atom is -0.399 e. The van der Waals surface area contributed by atoms with Crippen LogP contribution in [-0.2, 0) is 9.53 Å². The number of carbonyl (C=O) groups is 1. The summed E-state index contributed by atoms with van der Waals surface area (Å²) >= 11 is 0. The number of amides is 1. The second-order valence-electron chi connectivity index (χ2n) is 5.04. The van der Waals surface area contributed by atoms with Crippen LogP contribution in [0.2, 0.25) is 0 Å². The predicted molar refractivity (Wildman–Crippen MR) is 83.7 cm³/mol. The van der Waals surface area contributed by atoms with Crippen molar-refractivity contribution in [3.63, 3.8) is 0 Å². The van der Waals surface area contributed by atoms with Crippen LogP contribution in [0.1, 0.15) is 46.0 Å². The van der Waals surface area contributed by atoms with Gasteiger partial charge in [-0.2, -0.15) is 0 Å². The first-order valence-corrected chi connectivity index (χ1v) is 7.41. The number of anilines is 2. The SMILES string of the molecule is CCCCCCCOC(C)C(=O)Nc1cccc(N)c1. The Morgan fingerprint density at radius 1 is 1.30 bits per heavy atom. The molecule has 0 bridgehead atoms. The molecular formula is C16H26N2O2. The van der Waals surface area contributed by atoms with Gasteiger partial charge in [-0.3, -0.25) is 4.79 Å². The maximum Gasteiger partial charge on any atom is 0.253 e. The molecule has 1 atom stereocenters. The third-order valence-corrected chi connectivity index (χ3v) is 3.14. The summed E-state index contributed by atoms with van der Waals surface area (Å²) in [7, 11) is 0. The molecule has 0 fully saturated rings. The van der Waals surface area contributed by atoms with E-state index >= 15 is 0 Å². The molecule has 1 amide bonds. The Morgan fingerprint density at radius 2 is 2.05 bits per heavy atom. The van der Waals surface area contributed by atoms with Crippen LogP contribution in [-0.4, -0.2) is 18.6 Å². The highest BCUT2D eigenvalue weighted by atomic mass is 16.5. The normalized spacial score (nSPS) is 12.1. The van der Waals surface area contributed by atoms with E-state index in [1.54, 1.807) is 19.1 Å². The molecule has 0 spiro atoms. The van der Waals surface area contributed by atoms with Crippen LogP contribution in [0.4, 0.5) is 11.4 Å². The first kappa shape index (κ1) is 16.5. The van der Waals surface area contributed by atoms with Crippen molar-refractivity contribution in [2.24, 2.45) is 0 Å². The molecule has 1 aromatic rings. The Bertz CT molecular complexity index is 407. The van der Waals surface area contributed by atoms with Gasteiger partial charge in [-0.05, 0) is 31.5 Å². The maximum absolute atomic E-state index is 11.9. The molecule has 0 aromatic heterocycles. The highest BCUT2D eigenvalue weighted by molar-refractivity contribution is 5.94. The standard InChI is InChI=1S/C16H26N2O2/c1-3-4-5-6-7-11-20-13(2)16(19)18-15-10-8-9-14(17)12-15/h8-10,12-13H,3-7,11,17H2,1-2H3,(H,18,19). The van der Waals surface area contributed by atoms with Crippen molar-refractivity contribution < 1.29 is 9.53 Å². The molecule has 0 saturated heterocycles. The molecule has 1 unspecified atom stereocenters. The summed E-state index contributed by atoms with van der Waals surface area (Å²) in [6.45, 7) is 4.60. The van der Waals surface area contributed by atoms with Gasteiger partial charge in [-0.15, -0.1) is 0 Å². The molecule has 0 radical (unpaired) electrons. The van der Waals surface area contributed by atoms with Crippen molar-refractivity contribution in [1.29, 1.82) is 0 Å². The molecule has 0 aliphatic carbocycles. The Balaban J connectivity index is 2.22. The van der Waals surface area contributed by atoms with Crippen molar-refractivity contribution in [2.45, 2.75) is 52.1 Å². The van der Waals surface area contributed by atoms with Crippen molar-refractivity contribution >= 4 is 17.3 Å². The fourth-order valence-electron chi connectivity index (χ4n) is 1.90. The second kappa shape index (κ2) is 9.37. The van der Waals surface area contributed by atoms with E-state index in [2.05, 4.69) is 12.2 Å². The monoisotopic (exact) mass is 278 g/mol. The maximum atomic E-state index is 11.9. The van der Waals surface area contributed by atoms with E-state index < -0.39 is 6.10 Å². The quantitative estimate of drug-likeness (QED) is 0.536. The van der Waals surface area contributed by atoms with Crippen LogP contribution in [0, 0.1) is 0 Å². The molecule has 20 heavy (non-hydrogen) atoms. The third kappa shape index (κ3) is 6.57. The number of carbonyl (C=O) groups excluding carboxylic acids is 1. The van der Waals surface area contributed by atoms with Gasteiger partial charge in [0.2, 0.25) is 0 Å². The largest absolute Gasteiger partial charge is 0.399 e. The highest BCUT2D eigenvalue weighted by Crippen LogP contribution is 2.12. The smallest absolute Gasteiger partial charge is 0.253 e. The lowest BCUT2D eigenvalue weighted by atomic mass is 10.2. The predicted octanol–water partition coefficient (Wildman–Crippen LogP) is 3.58. The van der Waals surface area contributed by atoms with E-state index in [4.69, 9.17) is 10.5 Å². The topological polar surface area (TPSA) is 64.3 Å². The zero-order valence-electron chi connectivity index (χ0n) is 12.5. The zero-order chi connectivity index (χ0) is 14.8. The number of hydrogen-bond acceptors (Lipinski definition) is 3. The Kier molecular flexibility index (Phi) is 7.73. The summed E-state index contributed by atoms with van der Waals surface area (Å²) in [6, 6.07) is 7.14. The Hall–Kier alpha value is -1.55. The minimum atomic E-state index is -0.442. The molecule has 0 aliphatic heterocycles. The number of nitrogen functional groups attached to an aromatic ring is 1. The molecule has 0 heterocycles. The van der Waals surface area contributed by atoms with Gasteiger partial charge >= 0.3 is 0 Å². The van der Waals surface area contributed by atoms with E-state index in [-0.39, 0.29) is 5.91 Å². The lowest BCUT2D eigenvalue weighted by molar-refractivity contribution is -0.126. The van der Waals surface area contributed by atoms with Crippen molar-refractivity contribution in [1.82, 2.24) is 0 Å². The molecule has 3 N–H and O–H groups in total. The summed E-state index contributed by atoms with van der Waals surface area (Å²) in [5, 5.41) is 2.80. The van der Waals surface area contributed by atoms with Crippen molar-refractivity contribution in [3.8, 4) is 0 Å². The Labute approximate surface area is 121 Å². The zero-order valence-corrected chi connectivity index (χ0v) is 12.5. The summed E-state index contributed by atoms with van der Waals surface area (Å²) in [5.41, 5.74) is 7.00. The highest BCUT2D eigenvalue weighted by Gasteiger charge is 2.13. The average molecular weight is 278 g/mol. The van der Waals surface area contributed by atoms with Gasteiger partial charge in [0.25, 0.3) is 5.91 Å². The van der Waals surface area contributed by atoms with Crippen molar-refractivity contribution in [3.05, 3.63) is 24.3 Å². The van der Waals surface area contributed by atoms with E-state index in [0.717, 1.165) is 12.8 Å². The first-order valence-electron chi connectivity index (χ1n) is 7.41. The van der Waals surface area contributed by atoms with Gasteiger partial charge in [0.1, 0.15) is 6.10 Å². The fourth-order valence-corrected chi connectivity index (χ4v) is 1.90. The summed E-state index contributed by atoms with van der Waals surface area (Å²) in [4.78, 5) is 11.9. The van der Waals surface area contributed by atoms with Crippen LogP contribution >= 0.6 is 0 Å². The number of nitrogens with two attached hydrogens (primary N) is 1. The molecule has 1 rings (SSSR count). The van der Waals surface area contributed by atoms with Gasteiger partial charge in [0.15, 0.2) is 0 Å². The molecule has 0 saturated carbocycles. The van der Waals surface area contributed by atoms with Crippen LogP contribution in [0.5, 0.6) is 0 Å². The summed E-state index contributed by atoms with van der Waals surface area (Å²) < 4.78 is 5.54. The first-order chi connectivity index (χ1) is 9.63. The number of rotatable bonds is 9. The van der Waals surface area contributed by atoms with Gasteiger partial charge < -0.3 is 15.8 Å². The molecule has 0 aliphatic rings. The number of hydrogen-bond donors (Lipinski definition) is 2. The van der Waals surface area contributed by atoms with E-state index in [0.29, 0.717) is 18.0 Å². The van der Waals surface area contributed by atoms with Crippen LogP contribution < -0.4 is 11.1 Å². The van der Waals surface area contributed by atoms with Crippen LogP contribution in [0.3, 0.4) is 0 Å². The van der Waals surface area contributed by atoms with E-state index in [1.807, 2.05) is 12.1 Å². The lowest BCUT2D eigenvalue weighted by Crippen LogP contribution is -2.28. The summed E-state index contributed by atoms with van der Waals surface area (Å²) in [5.74, 6) is -0.135. The second-order valence-corrected chi connectivity index (χ2v) is 5.04. The van der Waals surface area contributed by atoms with E-state index in [1.165, 1.54) is 19.3 Å². The molecule has 1 aromatic carbocycles. The van der Waals surface area contributed by atoms with Gasteiger partial charge in [0.05, 0.1) is 0 Å². The molecule has 112 valence electrons. The van der Waals surface area contributed by atoms with Gasteiger partial charge in [-0.1, -0.05) is 38.7 Å². The average Bonchev–Trinajstić information content (AvgIpc) is 2.42. The van der Waals surface area contributed by atoms with Crippen molar-refractivity contribution in [2.75, 3.05) is 17.7 Å². The van der Waals surface area contributed by atoms with E-state index in [9.17, 15) is 4.79 Å². The summed E-state index contributed by atoms with van der Waals surface area (Å²) in [6.07, 6.45) is 5.48. The minimum absolute atomic E-state index is 0.135. The number of ether oxygens (including phenoxy) is 1. The number of benzene rings is 1. The Morgan fingerprint density at radius 3 is 2.75 bits per heavy atom.